The monoisotopic (exact) mass is 182 g/mol. The fourth-order valence-corrected chi connectivity index (χ4v) is 0.518. The number of rotatable bonds is 4. The maximum absolute atomic E-state index is 5.06. The van der Waals surface area contributed by atoms with Gasteiger partial charge in [0.1, 0.15) is 0 Å². The van der Waals surface area contributed by atoms with E-state index in [0.717, 1.165) is 13.2 Å². The molecule has 9 heavy (non-hydrogen) atoms. The molecule has 0 aliphatic rings. The Morgan fingerprint density at radius 1 is 1.11 bits per heavy atom. The molecule has 0 aromatic rings. The molecule has 0 aliphatic heterocycles. The number of hydrogen-bond donors (Lipinski definition) is 0. The van der Waals surface area contributed by atoms with Crippen molar-refractivity contribution < 1.29 is 29.0 Å². The van der Waals surface area contributed by atoms with Crippen LogP contribution >= 0.6 is 0 Å². The molecule has 0 aromatic carbocycles. The first kappa shape index (κ1) is 12.2. The second-order valence-corrected chi connectivity index (χ2v) is 1.48. The maximum Gasteiger partial charge on any atom is 0.154 e. The molecule has 2 nitrogen and oxygen atoms in total. The quantitative estimate of drug-likeness (QED) is 0.485. The second-order valence-electron chi connectivity index (χ2n) is 1.48. The van der Waals surface area contributed by atoms with E-state index in [1.165, 1.54) is 0 Å². The standard InChI is InChI=1S/C6H14O2.Zn/c1-4-7-6(3)8-5-2;/h6H,4-5H2,1-3H3;. The van der Waals surface area contributed by atoms with Crippen molar-refractivity contribution in [3.05, 3.63) is 0 Å². The van der Waals surface area contributed by atoms with Crippen LogP contribution in [0.2, 0.25) is 0 Å². The Bertz CT molecular complexity index is 44.3. The Morgan fingerprint density at radius 3 is 1.67 bits per heavy atom. The normalized spacial score (nSPS) is 9.33. The van der Waals surface area contributed by atoms with Gasteiger partial charge in [0.05, 0.1) is 0 Å². The van der Waals surface area contributed by atoms with Crippen molar-refractivity contribution in [1.29, 1.82) is 0 Å². The van der Waals surface area contributed by atoms with E-state index in [4.69, 9.17) is 9.47 Å². The third-order valence-corrected chi connectivity index (χ3v) is 0.803. The van der Waals surface area contributed by atoms with Gasteiger partial charge in [-0.2, -0.15) is 0 Å². The summed E-state index contributed by atoms with van der Waals surface area (Å²) in [6.45, 7) is 7.25. The molecule has 0 fully saturated rings. The van der Waals surface area contributed by atoms with Crippen LogP contribution in [0, 0.1) is 0 Å². The third kappa shape index (κ3) is 8.54. The predicted molar refractivity (Wildman–Crippen MR) is 32.7 cm³/mol. The van der Waals surface area contributed by atoms with Crippen LogP contribution in [0.15, 0.2) is 0 Å². The zero-order chi connectivity index (χ0) is 6.41. The van der Waals surface area contributed by atoms with Crippen molar-refractivity contribution in [3.8, 4) is 0 Å². The van der Waals surface area contributed by atoms with Crippen LogP contribution in [-0.4, -0.2) is 19.5 Å². The summed E-state index contributed by atoms with van der Waals surface area (Å²) in [5.74, 6) is 0. The van der Waals surface area contributed by atoms with Gasteiger partial charge in [0.25, 0.3) is 0 Å². The van der Waals surface area contributed by atoms with E-state index in [2.05, 4.69) is 0 Å². The Hall–Kier alpha value is 0.543. The predicted octanol–water partition coefficient (Wildman–Crippen LogP) is 1.40. The van der Waals surface area contributed by atoms with Crippen molar-refractivity contribution in [2.24, 2.45) is 0 Å². The van der Waals surface area contributed by atoms with Gasteiger partial charge in [0.2, 0.25) is 0 Å². The molecule has 0 saturated carbocycles. The molecular weight excluding hydrogens is 169 g/mol. The van der Waals surface area contributed by atoms with E-state index in [-0.39, 0.29) is 25.8 Å². The summed E-state index contributed by atoms with van der Waals surface area (Å²) in [5.41, 5.74) is 0. The van der Waals surface area contributed by atoms with Crippen molar-refractivity contribution in [3.63, 3.8) is 0 Å². The molecule has 52 valence electrons. The molecule has 0 heterocycles. The van der Waals surface area contributed by atoms with Gasteiger partial charge in [-0.15, -0.1) is 0 Å². The first-order valence-corrected chi connectivity index (χ1v) is 3.04. The maximum atomic E-state index is 5.06. The molecule has 0 saturated heterocycles. The van der Waals surface area contributed by atoms with Crippen LogP contribution in [0.1, 0.15) is 20.8 Å². The molecule has 0 unspecified atom stereocenters. The molecule has 0 atom stereocenters. The summed E-state index contributed by atoms with van der Waals surface area (Å²) in [4.78, 5) is 0. The third-order valence-electron chi connectivity index (χ3n) is 0.803. The minimum atomic E-state index is -0.0370. The van der Waals surface area contributed by atoms with E-state index in [9.17, 15) is 0 Å². The smallest absolute Gasteiger partial charge is 0.154 e. The van der Waals surface area contributed by atoms with Gasteiger partial charge in [0, 0.05) is 32.7 Å². The van der Waals surface area contributed by atoms with Gasteiger partial charge in [-0.1, -0.05) is 0 Å². The summed E-state index contributed by atoms with van der Waals surface area (Å²) in [5, 5.41) is 0. The average molecular weight is 184 g/mol. The SMILES string of the molecule is CCOC(C)OCC.[Zn]. The van der Waals surface area contributed by atoms with Crippen LogP contribution < -0.4 is 0 Å². The summed E-state index contributed by atoms with van der Waals surface area (Å²) >= 11 is 0. The Kier molecular flexibility index (Phi) is 11.6. The van der Waals surface area contributed by atoms with E-state index in [0.29, 0.717) is 0 Å². The Balaban J connectivity index is 0. The van der Waals surface area contributed by atoms with Gasteiger partial charge < -0.3 is 9.47 Å². The van der Waals surface area contributed by atoms with Gasteiger partial charge in [-0.05, 0) is 20.8 Å². The van der Waals surface area contributed by atoms with E-state index in [1.54, 1.807) is 0 Å². The molecule has 0 radical (unpaired) electrons. The molecule has 0 rings (SSSR count). The van der Waals surface area contributed by atoms with Crippen molar-refractivity contribution in [2.45, 2.75) is 27.1 Å². The van der Waals surface area contributed by atoms with Crippen LogP contribution in [0.4, 0.5) is 0 Å². The molecule has 0 amide bonds. The zero-order valence-electron chi connectivity index (χ0n) is 6.52. The first-order valence-electron chi connectivity index (χ1n) is 3.04. The average Bonchev–Trinajstić information content (AvgIpc) is 1.68. The summed E-state index contributed by atoms with van der Waals surface area (Å²) in [6.07, 6.45) is -0.0370. The Morgan fingerprint density at radius 2 is 1.44 bits per heavy atom. The largest absolute Gasteiger partial charge is 0.353 e. The number of hydrogen-bond acceptors (Lipinski definition) is 2. The van der Waals surface area contributed by atoms with Gasteiger partial charge in [-0.3, -0.25) is 0 Å². The molecular formula is C6H14O2Zn. The van der Waals surface area contributed by atoms with E-state index in [1.807, 2.05) is 20.8 Å². The molecule has 0 aromatic heterocycles. The van der Waals surface area contributed by atoms with Crippen molar-refractivity contribution >= 4 is 0 Å². The summed E-state index contributed by atoms with van der Waals surface area (Å²) in [7, 11) is 0. The minimum absolute atomic E-state index is 0. The minimum Gasteiger partial charge on any atom is -0.353 e. The fourth-order valence-electron chi connectivity index (χ4n) is 0.518. The van der Waals surface area contributed by atoms with E-state index >= 15 is 0 Å². The van der Waals surface area contributed by atoms with Crippen LogP contribution in [0.5, 0.6) is 0 Å². The van der Waals surface area contributed by atoms with Gasteiger partial charge >= 0.3 is 0 Å². The van der Waals surface area contributed by atoms with Gasteiger partial charge in [0.15, 0.2) is 6.29 Å². The van der Waals surface area contributed by atoms with Crippen LogP contribution in [0.3, 0.4) is 0 Å². The molecule has 0 N–H and O–H groups in total. The fraction of sp³-hybridized carbons (Fsp3) is 1.00. The molecule has 0 aliphatic carbocycles. The molecule has 0 spiro atoms. The summed E-state index contributed by atoms with van der Waals surface area (Å²) in [6, 6.07) is 0. The Labute approximate surface area is 69.7 Å². The zero-order valence-corrected chi connectivity index (χ0v) is 9.48. The van der Waals surface area contributed by atoms with E-state index < -0.39 is 0 Å². The van der Waals surface area contributed by atoms with Crippen LogP contribution in [-0.2, 0) is 29.0 Å². The molecule has 0 bridgehead atoms. The van der Waals surface area contributed by atoms with Crippen molar-refractivity contribution in [1.82, 2.24) is 0 Å². The number of ether oxygens (including phenoxy) is 2. The van der Waals surface area contributed by atoms with Crippen LogP contribution in [0.25, 0.3) is 0 Å². The van der Waals surface area contributed by atoms with Gasteiger partial charge in [-0.25, -0.2) is 0 Å². The summed E-state index contributed by atoms with van der Waals surface area (Å²) < 4.78 is 10.1. The first-order chi connectivity index (χ1) is 3.81. The second kappa shape index (κ2) is 8.54. The van der Waals surface area contributed by atoms with Crippen molar-refractivity contribution in [2.75, 3.05) is 13.2 Å². The topological polar surface area (TPSA) is 18.5 Å². The molecule has 3 heteroatoms.